The Morgan fingerprint density at radius 3 is 2.73 bits per heavy atom. The summed E-state index contributed by atoms with van der Waals surface area (Å²) < 4.78 is 30.8. The van der Waals surface area contributed by atoms with E-state index in [1.54, 1.807) is 4.90 Å². The van der Waals surface area contributed by atoms with Crippen LogP contribution in [-0.4, -0.2) is 27.4 Å². The number of para-hydroxylation sites is 1. The molecule has 0 spiro atoms. The van der Waals surface area contributed by atoms with Gasteiger partial charge in [-0.1, -0.05) is 18.2 Å². The van der Waals surface area contributed by atoms with Crippen LogP contribution < -0.4 is 9.62 Å². The molecule has 1 aromatic carbocycles. The number of nitrogens with one attached hydrogen (secondary N) is 1. The predicted octanol–water partition coefficient (Wildman–Crippen LogP) is 1.78. The fraction of sp³-hybridized carbons (Fsp3) is 0.267. The van der Waals surface area contributed by atoms with E-state index in [-0.39, 0.29) is 22.8 Å². The molecule has 22 heavy (non-hydrogen) atoms. The minimum absolute atomic E-state index is 0.000595. The van der Waals surface area contributed by atoms with Crippen molar-refractivity contribution in [2.24, 2.45) is 0 Å². The summed E-state index contributed by atoms with van der Waals surface area (Å²) in [6.07, 6.45) is 0.768. The van der Waals surface area contributed by atoms with Crippen molar-refractivity contribution in [2.75, 3.05) is 11.9 Å². The van der Waals surface area contributed by atoms with E-state index in [0.717, 1.165) is 17.7 Å². The number of benzene rings is 1. The number of amides is 1. The molecule has 1 aliphatic rings. The lowest BCUT2D eigenvalue weighted by atomic mass is 10.1. The Balaban J connectivity index is 1.96. The van der Waals surface area contributed by atoms with E-state index in [4.69, 9.17) is 4.42 Å². The molecule has 0 unspecified atom stereocenters. The molecule has 1 amide bonds. The van der Waals surface area contributed by atoms with Crippen molar-refractivity contribution in [3.8, 4) is 0 Å². The van der Waals surface area contributed by atoms with Crippen LogP contribution in [0.15, 0.2) is 45.9 Å². The lowest BCUT2D eigenvalue weighted by Crippen LogP contribution is -2.35. The lowest BCUT2D eigenvalue weighted by molar-refractivity contribution is 0.0949. The highest BCUT2D eigenvalue weighted by atomic mass is 32.2. The molecule has 116 valence electrons. The van der Waals surface area contributed by atoms with E-state index in [0.29, 0.717) is 0 Å². The van der Waals surface area contributed by atoms with Gasteiger partial charge in [0.25, 0.3) is 15.9 Å². The Bertz CT molecular complexity index is 826. The first-order valence-electron chi connectivity index (χ1n) is 6.89. The molecule has 1 aromatic heterocycles. The molecule has 1 N–H and O–H groups in total. The largest absolute Gasteiger partial charge is 0.438 e. The van der Waals surface area contributed by atoms with E-state index in [1.807, 2.05) is 31.2 Å². The van der Waals surface area contributed by atoms with Crippen LogP contribution in [0.25, 0.3) is 0 Å². The summed E-state index contributed by atoms with van der Waals surface area (Å²) in [7, 11) is -2.41. The monoisotopic (exact) mass is 320 g/mol. The van der Waals surface area contributed by atoms with Crippen molar-refractivity contribution in [2.45, 2.75) is 24.5 Å². The highest BCUT2D eigenvalue weighted by molar-refractivity contribution is 7.89. The van der Waals surface area contributed by atoms with Crippen LogP contribution in [0.3, 0.4) is 0 Å². The lowest BCUT2D eigenvalue weighted by Gasteiger charge is -2.21. The number of nitrogens with zero attached hydrogens (tertiary/aromatic N) is 1. The molecule has 0 fully saturated rings. The topological polar surface area (TPSA) is 79.6 Å². The Hall–Kier alpha value is -2.12. The second kappa shape index (κ2) is 5.26. The zero-order chi connectivity index (χ0) is 15.9. The molecule has 0 saturated carbocycles. The third kappa shape index (κ3) is 2.32. The van der Waals surface area contributed by atoms with E-state index in [1.165, 1.54) is 19.2 Å². The number of carbonyl (C=O) groups is 1. The number of hydrogen-bond donors (Lipinski definition) is 1. The zero-order valence-corrected chi connectivity index (χ0v) is 13.1. The van der Waals surface area contributed by atoms with Crippen LogP contribution in [0.1, 0.15) is 23.0 Å². The van der Waals surface area contributed by atoms with Crippen molar-refractivity contribution in [3.05, 3.63) is 47.7 Å². The molecule has 0 bridgehead atoms. The number of carbonyl (C=O) groups excluding carboxylic acids is 1. The molecule has 0 aliphatic carbocycles. The number of rotatable bonds is 3. The van der Waals surface area contributed by atoms with Crippen LogP contribution in [0, 0.1) is 0 Å². The Labute approximate surface area is 128 Å². The van der Waals surface area contributed by atoms with Crippen molar-refractivity contribution < 1.29 is 17.6 Å². The average Bonchev–Trinajstić information content (AvgIpc) is 3.10. The van der Waals surface area contributed by atoms with Gasteiger partial charge in [0.15, 0.2) is 5.76 Å². The number of fused-ring (bicyclic) bond motifs is 1. The quantitative estimate of drug-likeness (QED) is 0.935. The first-order valence-corrected chi connectivity index (χ1v) is 8.37. The summed E-state index contributed by atoms with van der Waals surface area (Å²) in [5.74, 6) is -0.326. The van der Waals surface area contributed by atoms with Crippen LogP contribution in [0.4, 0.5) is 5.69 Å². The van der Waals surface area contributed by atoms with Crippen LogP contribution >= 0.6 is 0 Å². The minimum Gasteiger partial charge on any atom is -0.438 e. The molecule has 1 atom stereocenters. The molecule has 0 radical (unpaired) electrons. The molecular formula is C15H16N2O4S. The van der Waals surface area contributed by atoms with Gasteiger partial charge in [-0.15, -0.1) is 0 Å². The minimum atomic E-state index is -3.70. The van der Waals surface area contributed by atoms with Crippen molar-refractivity contribution in [1.82, 2.24) is 4.72 Å². The first-order chi connectivity index (χ1) is 10.4. The molecule has 3 rings (SSSR count). The fourth-order valence-electron chi connectivity index (χ4n) is 2.67. The van der Waals surface area contributed by atoms with E-state index in [2.05, 4.69) is 4.72 Å². The van der Waals surface area contributed by atoms with Gasteiger partial charge in [0, 0.05) is 11.7 Å². The number of sulfonamides is 1. The standard InChI is InChI=1S/C15H16N2O4S/c1-10-9-11-5-3-4-6-12(11)17(10)15(18)13-7-8-14(21-13)22(19,20)16-2/h3-8,10,16H,9H2,1-2H3/t10-/m1/s1. The molecule has 1 aliphatic heterocycles. The van der Waals surface area contributed by atoms with Gasteiger partial charge in [-0.3, -0.25) is 4.79 Å². The van der Waals surface area contributed by atoms with Crippen molar-refractivity contribution >= 4 is 21.6 Å². The summed E-state index contributed by atoms with van der Waals surface area (Å²) in [4.78, 5) is 14.3. The van der Waals surface area contributed by atoms with E-state index < -0.39 is 10.0 Å². The highest BCUT2D eigenvalue weighted by Gasteiger charge is 2.33. The smallest absolute Gasteiger partial charge is 0.294 e. The van der Waals surface area contributed by atoms with E-state index >= 15 is 0 Å². The van der Waals surface area contributed by atoms with Gasteiger partial charge in [-0.05, 0) is 44.2 Å². The summed E-state index contributed by atoms with van der Waals surface area (Å²) in [6, 6.07) is 10.3. The molecule has 2 aromatic rings. The third-order valence-electron chi connectivity index (χ3n) is 3.75. The van der Waals surface area contributed by atoms with Crippen LogP contribution in [0.5, 0.6) is 0 Å². The number of anilines is 1. The Morgan fingerprint density at radius 1 is 1.27 bits per heavy atom. The Kier molecular flexibility index (Phi) is 3.54. The summed E-state index contributed by atoms with van der Waals surface area (Å²) >= 11 is 0. The van der Waals surface area contributed by atoms with Gasteiger partial charge >= 0.3 is 0 Å². The molecule has 7 heteroatoms. The summed E-state index contributed by atoms with van der Waals surface area (Å²) in [5.41, 5.74) is 1.94. The average molecular weight is 320 g/mol. The zero-order valence-electron chi connectivity index (χ0n) is 12.2. The number of furan rings is 1. The van der Waals surface area contributed by atoms with Crippen LogP contribution in [0.2, 0.25) is 0 Å². The second-order valence-electron chi connectivity index (χ2n) is 5.18. The van der Waals surface area contributed by atoms with Crippen LogP contribution in [-0.2, 0) is 16.4 Å². The molecular weight excluding hydrogens is 304 g/mol. The van der Waals surface area contributed by atoms with E-state index in [9.17, 15) is 13.2 Å². The first kappa shape index (κ1) is 14.8. The molecule has 0 saturated heterocycles. The van der Waals surface area contributed by atoms with Crippen molar-refractivity contribution in [1.29, 1.82) is 0 Å². The second-order valence-corrected chi connectivity index (χ2v) is 7.00. The SMILES string of the molecule is CNS(=O)(=O)c1ccc(C(=O)N2c3ccccc3C[C@H]2C)o1. The normalized spacial score (nSPS) is 17.5. The fourth-order valence-corrected chi connectivity index (χ4v) is 3.32. The van der Waals surface area contributed by atoms with Crippen molar-refractivity contribution in [3.63, 3.8) is 0 Å². The van der Waals surface area contributed by atoms with Gasteiger partial charge < -0.3 is 9.32 Å². The summed E-state index contributed by atoms with van der Waals surface area (Å²) in [5, 5.41) is -0.265. The van der Waals surface area contributed by atoms with Gasteiger partial charge in [0.05, 0.1) is 0 Å². The van der Waals surface area contributed by atoms with Gasteiger partial charge in [0.2, 0.25) is 5.09 Å². The maximum Gasteiger partial charge on any atom is 0.294 e. The summed E-state index contributed by atoms with van der Waals surface area (Å²) in [6.45, 7) is 1.95. The third-order valence-corrected chi connectivity index (χ3v) is 5.04. The van der Waals surface area contributed by atoms with Gasteiger partial charge in [-0.25, -0.2) is 13.1 Å². The Morgan fingerprint density at radius 2 is 2.00 bits per heavy atom. The molecule has 6 nitrogen and oxygen atoms in total. The maximum absolute atomic E-state index is 12.7. The molecule has 2 heterocycles. The maximum atomic E-state index is 12.7. The number of hydrogen-bond acceptors (Lipinski definition) is 4. The van der Waals surface area contributed by atoms with Gasteiger partial charge in [-0.2, -0.15) is 0 Å². The highest BCUT2D eigenvalue weighted by Crippen LogP contribution is 2.33. The predicted molar refractivity (Wildman–Crippen MR) is 81.4 cm³/mol. The van der Waals surface area contributed by atoms with Gasteiger partial charge in [0.1, 0.15) is 0 Å².